The molecule has 0 saturated heterocycles. The topological polar surface area (TPSA) is 80.9 Å². The third-order valence-electron chi connectivity index (χ3n) is 4.43. The molecule has 2 aromatic carbocycles. The van der Waals surface area contributed by atoms with Crippen LogP contribution >= 0.6 is 11.3 Å². The van der Waals surface area contributed by atoms with Crippen LogP contribution in [0.3, 0.4) is 0 Å². The predicted molar refractivity (Wildman–Crippen MR) is 110 cm³/mol. The zero-order valence-corrected chi connectivity index (χ0v) is 15.6. The highest BCUT2D eigenvalue weighted by Gasteiger charge is 2.13. The first-order valence-electron chi connectivity index (χ1n) is 8.53. The summed E-state index contributed by atoms with van der Waals surface area (Å²) < 4.78 is 0. The second-order valence-corrected chi connectivity index (χ2v) is 7.19. The van der Waals surface area contributed by atoms with Gasteiger partial charge in [-0.05, 0) is 30.2 Å². The molecular weight excluding hydrogens is 356 g/mol. The number of hydrogen-bond donors (Lipinski definition) is 2. The maximum atomic E-state index is 11.2. The summed E-state index contributed by atoms with van der Waals surface area (Å²) in [7, 11) is 0. The Labute approximate surface area is 160 Å². The monoisotopic (exact) mass is 374 g/mol. The summed E-state index contributed by atoms with van der Waals surface area (Å²) in [6.45, 7) is 2.67. The number of carbonyl (C=O) groups excluding carboxylic acids is 1. The molecule has 0 aliphatic rings. The number of amides is 1. The molecule has 1 amide bonds. The van der Waals surface area contributed by atoms with E-state index in [9.17, 15) is 4.79 Å². The second-order valence-electron chi connectivity index (χ2n) is 6.33. The fourth-order valence-corrected chi connectivity index (χ4v) is 3.84. The minimum absolute atomic E-state index is 0.423. The number of primary amides is 1. The normalized spacial score (nSPS) is 10.9. The molecule has 0 fully saturated rings. The highest BCUT2D eigenvalue weighted by molar-refractivity contribution is 7.17. The summed E-state index contributed by atoms with van der Waals surface area (Å²) >= 11 is 1.61. The van der Waals surface area contributed by atoms with Crippen LogP contribution < -0.4 is 11.1 Å². The van der Waals surface area contributed by atoms with E-state index >= 15 is 0 Å². The van der Waals surface area contributed by atoms with Gasteiger partial charge in [-0.15, -0.1) is 11.3 Å². The summed E-state index contributed by atoms with van der Waals surface area (Å²) in [6, 6.07) is 15.7. The number of nitrogens with one attached hydrogen (secondary N) is 1. The van der Waals surface area contributed by atoms with E-state index in [1.54, 1.807) is 29.8 Å². The second kappa shape index (κ2) is 7.17. The van der Waals surface area contributed by atoms with Crippen molar-refractivity contribution in [2.45, 2.75) is 13.5 Å². The van der Waals surface area contributed by atoms with Gasteiger partial charge >= 0.3 is 0 Å². The molecule has 0 radical (unpaired) electrons. The molecule has 27 heavy (non-hydrogen) atoms. The molecule has 2 heterocycles. The number of nitrogens with two attached hydrogens (primary N) is 1. The van der Waals surface area contributed by atoms with Crippen molar-refractivity contribution in [3.8, 4) is 11.1 Å². The lowest BCUT2D eigenvalue weighted by Crippen LogP contribution is -2.11. The smallest absolute Gasteiger partial charge is 0.248 e. The van der Waals surface area contributed by atoms with E-state index in [2.05, 4.69) is 51.9 Å². The van der Waals surface area contributed by atoms with Crippen molar-refractivity contribution >= 4 is 33.3 Å². The Morgan fingerprint density at radius 1 is 1.07 bits per heavy atom. The minimum atomic E-state index is -0.423. The number of benzene rings is 2. The van der Waals surface area contributed by atoms with Crippen LogP contribution in [0.5, 0.6) is 0 Å². The molecule has 5 nitrogen and oxygen atoms in total. The summed E-state index contributed by atoms with van der Waals surface area (Å²) in [5, 5.41) is 6.55. The highest BCUT2D eigenvalue weighted by atomic mass is 32.1. The quantitative estimate of drug-likeness (QED) is 0.543. The van der Waals surface area contributed by atoms with Crippen molar-refractivity contribution in [3.05, 3.63) is 76.9 Å². The highest BCUT2D eigenvalue weighted by Crippen LogP contribution is 2.36. The number of anilines is 1. The largest absolute Gasteiger partial charge is 0.366 e. The van der Waals surface area contributed by atoms with Crippen LogP contribution in [-0.2, 0) is 6.54 Å². The number of fused-ring (bicyclic) bond motifs is 1. The number of nitrogens with zero attached hydrogens (tertiary/aromatic N) is 2. The summed E-state index contributed by atoms with van der Waals surface area (Å²) in [5.74, 6) is 0.379. The van der Waals surface area contributed by atoms with E-state index in [4.69, 9.17) is 5.73 Å². The molecule has 3 N–H and O–H groups in total. The minimum Gasteiger partial charge on any atom is -0.366 e. The molecule has 0 bridgehead atoms. The molecule has 0 aliphatic carbocycles. The van der Waals surface area contributed by atoms with Gasteiger partial charge in [-0.1, -0.05) is 42.0 Å². The summed E-state index contributed by atoms with van der Waals surface area (Å²) in [4.78, 5) is 21.0. The van der Waals surface area contributed by atoms with Gasteiger partial charge in [0.05, 0.1) is 5.39 Å². The van der Waals surface area contributed by atoms with Crippen LogP contribution in [0.4, 0.5) is 5.82 Å². The Morgan fingerprint density at radius 2 is 1.81 bits per heavy atom. The number of carbonyl (C=O) groups is 1. The standard InChI is InChI=1S/C21H18N4OS/c1-13-2-6-15(7-3-13)17-11-27-21-18(17)20(24-12-25-21)23-10-14-4-8-16(9-5-14)19(22)26/h2-9,11-12H,10H2,1H3,(H2,22,26)(H,23,24,25). The van der Waals surface area contributed by atoms with E-state index in [1.165, 1.54) is 5.56 Å². The van der Waals surface area contributed by atoms with Crippen LogP contribution in [0.1, 0.15) is 21.5 Å². The van der Waals surface area contributed by atoms with Gasteiger partial charge in [-0.2, -0.15) is 0 Å². The number of hydrogen-bond acceptors (Lipinski definition) is 5. The number of aryl methyl sites for hydroxylation is 1. The third kappa shape index (κ3) is 3.52. The lowest BCUT2D eigenvalue weighted by molar-refractivity contribution is 0.100. The maximum Gasteiger partial charge on any atom is 0.248 e. The lowest BCUT2D eigenvalue weighted by atomic mass is 10.0. The van der Waals surface area contributed by atoms with Gasteiger partial charge in [0.15, 0.2) is 0 Å². The Morgan fingerprint density at radius 3 is 2.52 bits per heavy atom. The molecule has 0 spiro atoms. The van der Waals surface area contributed by atoms with E-state index in [0.29, 0.717) is 12.1 Å². The first kappa shape index (κ1) is 17.2. The van der Waals surface area contributed by atoms with Gasteiger partial charge < -0.3 is 11.1 Å². The van der Waals surface area contributed by atoms with Crippen LogP contribution in [0.2, 0.25) is 0 Å². The van der Waals surface area contributed by atoms with E-state index in [-0.39, 0.29) is 0 Å². The Hall–Kier alpha value is -3.25. The van der Waals surface area contributed by atoms with Crippen LogP contribution in [0.25, 0.3) is 21.3 Å². The van der Waals surface area contributed by atoms with Crippen LogP contribution in [-0.4, -0.2) is 15.9 Å². The molecular formula is C21H18N4OS. The number of aromatic nitrogens is 2. The molecule has 4 aromatic rings. The van der Waals surface area contributed by atoms with Gasteiger partial charge in [0, 0.05) is 23.1 Å². The fourth-order valence-electron chi connectivity index (χ4n) is 2.93. The molecule has 2 aromatic heterocycles. The van der Waals surface area contributed by atoms with Crippen molar-refractivity contribution < 1.29 is 4.79 Å². The zero-order chi connectivity index (χ0) is 18.8. The van der Waals surface area contributed by atoms with Crippen molar-refractivity contribution in [1.82, 2.24) is 9.97 Å². The van der Waals surface area contributed by atoms with Gasteiger partial charge in [0.2, 0.25) is 5.91 Å². The van der Waals surface area contributed by atoms with Crippen molar-refractivity contribution in [1.29, 1.82) is 0 Å². The summed E-state index contributed by atoms with van der Waals surface area (Å²) in [6.07, 6.45) is 1.58. The first-order chi connectivity index (χ1) is 13.1. The summed E-state index contributed by atoms with van der Waals surface area (Å²) in [5.41, 5.74) is 10.3. The van der Waals surface area contributed by atoms with Gasteiger partial charge in [-0.3, -0.25) is 4.79 Å². The van der Waals surface area contributed by atoms with E-state index < -0.39 is 5.91 Å². The van der Waals surface area contributed by atoms with Crippen LogP contribution in [0, 0.1) is 6.92 Å². The lowest BCUT2D eigenvalue weighted by Gasteiger charge is -2.09. The van der Waals surface area contributed by atoms with Crippen molar-refractivity contribution in [2.24, 2.45) is 5.73 Å². The van der Waals surface area contributed by atoms with Crippen molar-refractivity contribution in [2.75, 3.05) is 5.32 Å². The molecule has 6 heteroatoms. The Balaban J connectivity index is 1.64. The van der Waals surface area contributed by atoms with Gasteiger partial charge in [0.25, 0.3) is 0 Å². The third-order valence-corrected chi connectivity index (χ3v) is 5.32. The SMILES string of the molecule is Cc1ccc(-c2csc3ncnc(NCc4ccc(C(N)=O)cc4)c23)cc1. The molecule has 0 unspecified atom stereocenters. The van der Waals surface area contributed by atoms with Crippen LogP contribution in [0.15, 0.2) is 60.2 Å². The molecule has 0 atom stereocenters. The zero-order valence-electron chi connectivity index (χ0n) is 14.8. The molecule has 0 saturated carbocycles. The number of thiophene rings is 1. The number of rotatable bonds is 5. The molecule has 0 aliphatic heterocycles. The maximum absolute atomic E-state index is 11.2. The first-order valence-corrected chi connectivity index (χ1v) is 9.41. The van der Waals surface area contributed by atoms with Gasteiger partial charge in [-0.25, -0.2) is 9.97 Å². The van der Waals surface area contributed by atoms with E-state index in [0.717, 1.165) is 32.7 Å². The van der Waals surface area contributed by atoms with E-state index in [1.807, 2.05) is 12.1 Å². The molecule has 4 rings (SSSR count). The fraction of sp³-hybridized carbons (Fsp3) is 0.0952. The predicted octanol–water partition coefficient (Wildman–Crippen LogP) is 4.38. The average Bonchev–Trinajstić information content (AvgIpc) is 3.12. The average molecular weight is 374 g/mol. The van der Waals surface area contributed by atoms with Gasteiger partial charge in [0.1, 0.15) is 17.0 Å². The Bertz CT molecular complexity index is 1100. The van der Waals surface area contributed by atoms with Crippen molar-refractivity contribution in [3.63, 3.8) is 0 Å². The molecule has 134 valence electrons. The Kier molecular flexibility index (Phi) is 4.56.